The zero-order chi connectivity index (χ0) is 22.4. The van der Waals surface area contributed by atoms with Crippen molar-refractivity contribution in [1.82, 2.24) is 10.6 Å². The third-order valence-electron chi connectivity index (χ3n) is 3.39. The lowest BCUT2D eigenvalue weighted by molar-refractivity contribution is -0.384. The van der Waals surface area contributed by atoms with Gasteiger partial charge in [-0.15, -0.1) is 0 Å². The van der Waals surface area contributed by atoms with Crippen LogP contribution in [-0.4, -0.2) is 46.0 Å². The molecule has 0 spiro atoms. The Morgan fingerprint density at radius 1 is 1.28 bits per heavy atom. The van der Waals surface area contributed by atoms with Crippen molar-refractivity contribution in [3.63, 3.8) is 0 Å². The number of halogens is 3. The van der Waals surface area contributed by atoms with Gasteiger partial charge in [-0.25, -0.2) is 4.79 Å². The molecule has 162 valence electrons. The number of nitro benzene ring substituents is 1. The number of carbonyl (C=O) groups excluding carboxylic acids is 2. The Hall–Kier alpha value is -2.89. The van der Waals surface area contributed by atoms with Crippen molar-refractivity contribution in [1.29, 1.82) is 0 Å². The summed E-state index contributed by atoms with van der Waals surface area (Å²) in [6.07, 6.45) is -9.90. The number of alkyl halides is 3. The lowest BCUT2D eigenvalue weighted by atomic mass is 10.1. The van der Waals surface area contributed by atoms with Crippen LogP contribution in [-0.2, 0) is 16.1 Å². The monoisotopic (exact) mass is 421 g/mol. The summed E-state index contributed by atoms with van der Waals surface area (Å²) >= 11 is 0. The number of hydrogen-bond donors (Lipinski definition) is 3. The SMILES string of the molecule is CC(C)(C)OC(=O)NC(CC(F)(F)F)C(O)C(=O)NCc1cccc([N+](=O)[O-])c1. The second kappa shape index (κ2) is 9.54. The minimum Gasteiger partial charge on any atom is -0.444 e. The topological polar surface area (TPSA) is 131 Å². The number of aliphatic hydroxyl groups is 1. The first kappa shape index (κ1) is 24.1. The molecule has 29 heavy (non-hydrogen) atoms. The second-order valence-electron chi connectivity index (χ2n) is 7.16. The van der Waals surface area contributed by atoms with Crippen LogP contribution in [0.15, 0.2) is 24.3 Å². The van der Waals surface area contributed by atoms with Gasteiger partial charge in [0, 0.05) is 18.7 Å². The van der Waals surface area contributed by atoms with Crippen LogP contribution in [0.5, 0.6) is 0 Å². The van der Waals surface area contributed by atoms with Crippen molar-refractivity contribution in [2.75, 3.05) is 0 Å². The van der Waals surface area contributed by atoms with Gasteiger partial charge in [0.2, 0.25) is 0 Å². The van der Waals surface area contributed by atoms with Crippen LogP contribution in [0.3, 0.4) is 0 Å². The Bertz CT molecular complexity index is 749. The molecule has 0 saturated carbocycles. The van der Waals surface area contributed by atoms with E-state index in [1.165, 1.54) is 45.0 Å². The summed E-state index contributed by atoms with van der Waals surface area (Å²) in [5.74, 6) is -1.19. The summed E-state index contributed by atoms with van der Waals surface area (Å²) in [5, 5.41) is 24.8. The Kier molecular flexibility index (Phi) is 7.95. The Morgan fingerprint density at radius 3 is 2.41 bits per heavy atom. The third kappa shape index (κ3) is 9.23. The number of amides is 2. The van der Waals surface area contributed by atoms with Gasteiger partial charge in [-0.2, -0.15) is 13.2 Å². The van der Waals surface area contributed by atoms with Crippen LogP contribution in [0.1, 0.15) is 32.8 Å². The first-order valence-electron chi connectivity index (χ1n) is 8.43. The van der Waals surface area contributed by atoms with E-state index in [-0.39, 0.29) is 12.2 Å². The van der Waals surface area contributed by atoms with Crippen LogP contribution in [0.25, 0.3) is 0 Å². The van der Waals surface area contributed by atoms with Gasteiger partial charge >= 0.3 is 12.3 Å². The number of aliphatic hydroxyl groups excluding tert-OH is 1. The minimum atomic E-state index is -4.78. The number of alkyl carbamates (subject to hydrolysis) is 1. The first-order chi connectivity index (χ1) is 13.2. The quantitative estimate of drug-likeness (QED) is 0.458. The largest absolute Gasteiger partial charge is 0.444 e. The molecule has 0 radical (unpaired) electrons. The molecule has 3 N–H and O–H groups in total. The number of benzene rings is 1. The van der Waals surface area contributed by atoms with Gasteiger partial charge in [-0.3, -0.25) is 14.9 Å². The summed E-state index contributed by atoms with van der Waals surface area (Å²) in [4.78, 5) is 33.9. The summed E-state index contributed by atoms with van der Waals surface area (Å²) in [6, 6.07) is 3.22. The zero-order valence-electron chi connectivity index (χ0n) is 15.9. The maximum Gasteiger partial charge on any atom is 0.407 e. The van der Waals surface area contributed by atoms with Crippen LogP contribution < -0.4 is 10.6 Å². The maximum absolute atomic E-state index is 12.8. The second-order valence-corrected chi connectivity index (χ2v) is 7.16. The molecule has 9 nitrogen and oxygen atoms in total. The number of ether oxygens (including phenoxy) is 1. The molecule has 2 amide bonds. The van der Waals surface area contributed by atoms with E-state index in [2.05, 4.69) is 5.32 Å². The van der Waals surface area contributed by atoms with E-state index in [0.29, 0.717) is 5.56 Å². The molecule has 1 aromatic carbocycles. The van der Waals surface area contributed by atoms with Crippen LogP contribution in [0.2, 0.25) is 0 Å². The molecule has 0 aliphatic carbocycles. The number of nitrogens with zero attached hydrogens (tertiary/aromatic N) is 1. The molecule has 12 heteroatoms. The highest BCUT2D eigenvalue weighted by molar-refractivity contribution is 5.82. The van der Waals surface area contributed by atoms with Crippen molar-refractivity contribution in [3.05, 3.63) is 39.9 Å². The molecule has 0 fully saturated rings. The van der Waals surface area contributed by atoms with Crippen LogP contribution in [0, 0.1) is 10.1 Å². The third-order valence-corrected chi connectivity index (χ3v) is 3.39. The average molecular weight is 421 g/mol. The number of carbonyl (C=O) groups is 2. The first-order valence-corrected chi connectivity index (χ1v) is 8.43. The molecule has 0 heterocycles. The van der Waals surface area contributed by atoms with Crippen molar-refractivity contribution in [3.8, 4) is 0 Å². The van der Waals surface area contributed by atoms with Gasteiger partial charge in [-0.1, -0.05) is 12.1 Å². The highest BCUT2D eigenvalue weighted by atomic mass is 19.4. The highest BCUT2D eigenvalue weighted by Gasteiger charge is 2.39. The molecule has 0 bridgehead atoms. The zero-order valence-corrected chi connectivity index (χ0v) is 15.9. The molecular formula is C17H22F3N3O6. The van der Waals surface area contributed by atoms with E-state index in [1.54, 1.807) is 0 Å². The molecule has 0 aliphatic rings. The molecule has 2 atom stereocenters. The highest BCUT2D eigenvalue weighted by Crippen LogP contribution is 2.23. The van der Waals surface area contributed by atoms with E-state index in [4.69, 9.17) is 4.74 Å². The molecule has 0 saturated heterocycles. The van der Waals surface area contributed by atoms with Crippen molar-refractivity contribution in [2.45, 2.75) is 57.7 Å². The number of nitro groups is 1. The van der Waals surface area contributed by atoms with E-state index < -0.39 is 47.3 Å². The fourth-order valence-corrected chi connectivity index (χ4v) is 2.21. The molecule has 0 aliphatic heterocycles. The van der Waals surface area contributed by atoms with E-state index in [1.807, 2.05) is 5.32 Å². The van der Waals surface area contributed by atoms with E-state index in [0.717, 1.165) is 0 Å². The molecule has 2 unspecified atom stereocenters. The lowest BCUT2D eigenvalue weighted by Crippen LogP contribution is -2.53. The summed E-state index contributed by atoms with van der Waals surface area (Å²) in [5.41, 5.74) is -0.937. The van der Waals surface area contributed by atoms with Crippen molar-refractivity contribution >= 4 is 17.7 Å². The number of nitrogens with one attached hydrogen (secondary N) is 2. The van der Waals surface area contributed by atoms with E-state index in [9.17, 15) is 38.0 Å². The molecular weight excluding hydrogens is 399 g/mol. The Balaban J connectivity index is 2.82. The summed E-state index contributed by atoms with van der Waals surface area (Å²) in [6.45, 7) is 4.21. The Morgan fingerprint density at radius 2 is 1.90 bits per heavy atom. The number of hydrogen-bond acceptors (Lipinski definition) is 6. The predicted octanol–water partition coefficient (Wildman–Crippen LogP) is 2.42. The van der Waals surface area contributed by atoms with Gasteiger partial charge in [0.1, 0.15) is 5.60 Å². The van der Waals surface area contributed by atoms with Gasteiger partial charge in [0.25, 0.3) is 11.6 Å². The predicted molar refractivity (Wildman–Crippen MR) is 94.8 cm³/mol. The van der Waals surface area contributed by atoms with E-state index >= 15 is 0 Å². The van der Waals surface area contributed by atoms with Gasteiger partial charge < -0.3 is 20.5 Å². The summed E-state index contributed by atoms with van der Waals surface area (Å²) < 4.78 is 43.2. The average Bonchev–Trinajstić information content (AvgIpc) is 2.55. The number of rotatable bonds is 7. The van der Waals surface area contributed by atoms with Crippen molar-refractivity contribution in [2.24, 2.45) is 0 Å². The number of non-ortho nitro benzene ring substituents is 1. The molecule has 1 rings (SSSR count). The lowest BCUT2D eigenvalue weighted by Gasteiger charge is -2.26. The smallest absolute Gasteiger partial charge is 0.407 e. The van der Waals surface area contributed by atoms with Gasteiger partial charge in [-0.05, 0) is 26.3 Å². The van der Waals surface area contributed by atoms with Gasteiger partial charge in [0.15, 0.2) is 6.10 Å². The Labute approximate surface area is 164 Å². The fourth-order valence-electron chi connectivity index (χ4n) is 2.21. The summed E-state index contributed by atoms with van der Waals surface area (Å²) in [7, 11) is 0. The fraction of sp³-hybridized carbons (Fsp3) is 0.529. The molecule has 0 aromatic heterocycles. The van der Waals surface area contributed by atoms with Crippen LogP contribution >= 0.6 is 0 Å². The normalized spacial score (nSPS) is 13.9. The van der Waals surface area contributed by atoms with Gasteiger partial charge in [0.05, 0.1) is 17.4 Å². The molecule has 1 aromatic rings. The minimum absolute atomic E-state index is 0.237. The maximum atomic E-state index is 12.8. The van der Waals surface area contributed by atoms with Crippen molar-refractivity contribution < 1.29 is 37.5 Å². The van der Waals surface area contributed by atoms with Crippen LogP contribution in [0.4, 0.5) is 23.7 Å². The standard InChI is InChI=1S/C17H22F3N3O6/c1-16(2,3)29-15(26)22-12(8-17(18,19)20)13(24)14(25)21-9-10-5-4-6-11(7-10)23(27)28/h4-7,12-13,24H,8-9H2,1-3H3,(H,21,25)(H,22,26).